The van der Waals surface area contributed by atoms with Crippen molar-refractivity contribution in [2.45, 2.75) is 53.0 Å². The van der Waals surface area contributed by atoms with E-state index in [0.29, 0.717) is 16.9 Å². The highest BCUT2D eigenvalue weighted by Crippen LogP contribution is 2.50. The summed E-state index contributed by atoms with van der Waals surface area (Å²) in [6, 6.07) is 0.585. The maximum absolute atomic E-state index is 4.32. The zero-order valence-electron chi connectivity index (χ0n) is 10.7. The van der Waals surface area contributed by atoms with Crippen molar-refractivity contribution in [1.82, 2.24) is 5.32 Å². The Bertz CT molecular complexity index is 275. The van der Waals surface area contributed by atoms with Crippen LogP contribution in [0.2, 0.25) is 0 Å². The van der Waals surface area contributed by atoms with Gasteiger partial charge in [-0.15, -0.1) is 0 Å². The van der Waals surface area contributed by atoms with Gasteiger partial charge in [-0.25, -0.2) is 0 Å². The van der Waals surface area contributed by atoms with Crippen LogP contribution >= 0.6 is 0 Å². The van der Waals surface area contributed by atoms with E-state index in [4.69, 9.17) is 0 Å². The molecule has 2 aliphatic rings. The summed E-state index contributed by atoms with van der Waals surface area (Å²) < 4.78 is 0. The number of nitrogens with one attached hydrogen (secondary N) is 1. The summed E-state index contributed by atoms with van der Waals surface area (Å²) in [6.07, 6.45) is 3.97. The Morgan fingerprint density at radius 3 is 2.53 bits per heavy atom. The van der Waals surface area contributed by atoms with Crippen molar-refractivity contribution in [2.24, 2.45) is 16.7 Å². The van der Waals surface area contributed by atoms with Gasteiger partial charge in [0.05, 0.1) is 0 Å². The van der Waals surface area contributed by atoms with Gasteiger partial charge >= 0.3 is 0 Å². The lowest BCUT2D eigenvalue weighted by Crippen LogP contribution is -2.32. The number of hydrogen-bond donors (Lipinski definition) is 1. The SMILES string of the molecule is C=C1C2NCCC(C)(C)CC2CC1(C)C. The van der Waals surface area contributed by atoms with Gasteiger partial charge in [0.2, 0.25) is 0 Å². The average Bonchev–Trinajstić information content (AvgIpc) is 2.24. The van der Waals surface area contributed by atoms with Crippen LogP contribution in [0.25, 0.3) is 0 Å². The van der Waals surface area contributed by atoms with Crippen LogP contribution < -0.4 is 5.32 Å². The van der Waals surface area contributed by atoms with Gasteiger partial charge < -0.3 is 5.32 Å². The fraction of sp³-hybridized carbons (Fsp3) is 0.857. The quantitative estimate of drug-likeness (QED) is 0.601. The van der Waals surface area contributed by atoms with Crippen LogP contribution in [0.3, 0.4) is 0 Å². The smallest absolute Gasteiger partial charge is 0.0310 e. The van der Waals surface area contributed by atoms with E-state index in [0.717, 1.165) is 12.5 Å². The molecule has 0 bridgehead atoms. The first kappa shape index (κ1) is 11.2. The molecule has 1 saturated heterocycles. The third kappa shape index (κ3) is 1.99. The molecule has 0 spiro atoms. The van der Waals surface area contributed by atoms with Crippen LogP contribution in [0.4, 0.5) is 0 Å². The molecule has 1 aliphatic heterocycles. The zero-order chi connectivity index (χ0) is 11.3. The molecule has 0 aromatic heterocycles. The summed E-state index contributed by atoms with van der Waals surface area (Å²) in [4.78, 5) is 0. The summed E-state index contributed by atoms with van der Waals surface area (Å²) in [5, 5.41) is 3.70. The molecule has 0 aromatic rings. The van der Waals surface area contributed by atoms with Crippen LogP contribution in [0.15, 0.2) is 12.2 Å². The van der Waals surface area contributed by atoms with E-state index in [2.05, 4.69) is 39.6 Å². The number of hydrogen-bond acceptors (Lipinski definition) is 1. The molecule has 0 radical (unpaired) electrons. The predicted octanol–water partition coefficient (Wildman–Crippen LogP) is 3.37. The van der Waals surface area contributed by atoms with Crippen LogP contribution in [0, 0.1) is 16.7 Å². The van der Waals surface area contributed by atoms with E-state index in [1.807, 2.05) is 0 Å². The third-order valence-electron chi connectivity index (χ3n) is 4.47. The number of fused-ring (bicyclic) bond motifs is 1. The minimum Gasteiger partial charge on any atom is -0.310 e. The monoisotopic (exact) mass is 207 g/mol. The molecule has 1 aliphatic carbocycles. The van der Waals surface area contributed by atoms with Crippen molar-refractivity contribution in [3.63, 3.8) is 0 Å². The highest BCUT2D eigenvalue weighted by molar-refractivity contribution is 5.23. The molecule has 0 amide bonds. The summed E-state index contributed by atoms with van der Waals surface area (Å²) in [7, 11) is 0. The van der Waals surface area contributed by atoms with Crippen LogP contribution in [0.1, 0.15) is 47.0 Å². The lowest BCUT2D eigenvalue weighted by atomic mass is 9.79. The first-order valence-corrected chi connectivity index (χ1v) is 6.24. The van der Waals surface area contributed by atoms with Gasteiger partial charge in [-0.1, -0.05) is 39.8 Å². The van der Waals surface area contributed by atoms with Crippen LogP contribution in [0.5, 0.6) is 0 Å². The van der Waals surface area contributed by atoms with Crippen molar-refractivity contribution in [2.75, 3.05) is 6.54 Å². The van der Waals surface area contributed by atoms with Gasteiger partial charge in [-0.3, -0.25) is 0 Å². The Morgan fingerprint density at radius 1 is 1.20 bits per heavy atom. The molecule has 2 rings (SSSR count). The molecule has 86 valence electrons. The van der Waals surface area contributed by atoms with Crippen molar-refractivity contribution < 1.29 is 0 Å². The van der Waals surface area contributed by atoms with Gasteiger partial charge in [-0.2, -0.15) is 0 Å². The van der Waals surface area contributed by atoms with Crippen molar-refractivity contribution in [3.05, 3.63) is 12.2 Å². The summed E-state index contributed by atoms with van der Waals surface area (Å²) in [6.45, 7) is 15.0. The van der Waals surface area contributed by atoms with Crippen molar-refractivity contribution in [1.29, 1.82) is 0 Å². The minimum atomic E-state index is 0.343. The fourth-order valence-electron chi connectivity index (χ4n) is 3.47. The molecule has 15 heavy (non-hydrogen) atoms. The van der Waals surface area contributed by atoms with Crippen LogP contribution in [-0.2, 0) is 0 Å². The molecule has 2 atom stereocenters. The van der Waals surface area contributed by atoms with Crippen molar-refractivity contribution in [3.8, 4) is 0 Å². The van der Waals surface area contributed by atoms with Gasteiger partial charge in [0, 0.05) is 6.04 Å². The Kier molecular flexibility index (Phi) is 2.50. The molecule has 1 saturated carbocycles. The van der Waals surface area contributed by atoms with Gasteiger partial charge in [0.1, 0.15) is 0 Å². The van der Waals surface area contributed by atoms with Gasteiger partial charge in [-0.05, 0) is 42.6 Å². The first-order valence-electron chi connectivity index (χ1n) is 6.24. The first-order chi connectivity index (χ1) is 6.82. The molecule has 1 heteroatoms. The summed E-state index contributed by atoms with van der Waals surface area (Å²) in [5.74, 6) is 0.810. The molecular weight excluding hydrogens is 182 g/mol. The molecule has 2 unspecified atom stereocenters. The maximum Gasteiger partial charge on any atom is 0.0310 e. The van der Waals surface area contributed by atoms with E-state index in [1.165, 1.54) is 24.8 Å². The van der Waals surface area contributed by atoms with E-state index in [-0.39, 0.29) is 0 Å². The predicted molar refractivity (Wildman–Crippen MR) is 65.8 cm³/mol. The Hall–Kier alpha value is -0.300. The molecule has 1 N–H and O–H groups in total. The summed E-state index contributed by atoms with van der Waals surface area (Å²) in [5.41, 5.74) is 2.29. The molecule has 2 fully saturated rings. The standard InChI is InChI=1S/C14H25N/c1-10-12-11(9-14(10,4)5)8-13(2,3)6-7-15-12/h11-12,15H,1,6-9H2,2-5H3. The number of rotatable bonds is 0. The lowest BCUT2D eigenvalue weighted by Gasteiger charge is -2.26. The second-order valence-electron chi connectivity index (χ2n) is 6.92. The highest BCUT2D eigenvalue weighted by atomic mass is 14.9. The Balaban J connectivity index is 2.20. The maximum atomic E-state index is 4.32. The third-order valence-corrected chi connectivity index (χ3v) is 4.47. The second kappa shape index (κ2) is 3.35. The summed E-state index contributed by atoms with van der Waals surface area (Å²) >= 11 is 0. The topological polar surface area (TPSA) is 12.0 Å². The molecule has 1 heterocycles. The van der Waals surface area contributed by atoms with E-state index < -0.39 is 0 Å². The van der Waals surface area contributed by atoms with Crippen molar-refractivity contribution >= 4 is 0 Å². The zero-order valence-corrected chi connectivity index (χ0v) is 10.7. The highest BCUT2D eigenvalue weighted by Gasteiger charge is 2.45. The fourth-order valence-corrected chi connectivity index (χ4v) is 3.47. The second-order valence-corrected chi connectivity index (χ2v) is 6.92. The van der Waals surface area contributed by atoms with E-state index >= 15 is 0 Å². The van der Waals surface area contributed by atoms with Crippen LogP contribution in [-0.4, -0.2) is 12.6 Å². The lowest BCUT2D eigenvalue weighted by molar-refractivity contribution is 0.254. The van der Waals surface area contributed by atoms with E-state index in [9.17, 15) is 0 Å². The van der Waals surface area contributed by atoms with Gasteiger partial charge in [0.25, 0.3) is 0 Å². The largest absolute Gasteiger partial charge is 0.310 e. The minimum absolute atomic E-state index is 0.343. The van der Waals surface area contributed by atoms with E-state index in [1.54, 1.807) is 0 Å². The Labute approximate surface area is 94.3 Å². The molecule has 0 aromatic carbocycles. The molecular formula is C14H25N. The Morgan fingerprint density at radius 2 is 1.87 bits per heavy atom. The molecule has 1 nitrogen and oxygen atoms in total. The van der Waals surface area contributed by atoms with Gasteiger partial charge in [0.15, 0.2) is 0 Å². The normalized spacial score (nSPS) is 38.5. The average molecular weight is 207 g/mol.